The normalized spacial score (nSPS) is 13.2. The Bertz CT molecular complexity index is 10100. The zero-order valence-corrected chi connectivity index (χ0v) is 83.2. The van der Waals surface area contributed by atoms with E-state index in [0.717, 1.165) is 113 Å². The summed E-state index contributed by atoms with van der Waals surface area (Å²) in [5.41, 5.74) is 47.5. The number of aromatic nitrogens is 6. The molecular weight excluding hydrogens is 1750 g/mol. The fraction of sp³-hybridized carbons (Fsp3) is 0.135. The summed E-state index contributed by atoms with van der Waals surface area (Å²) in [6.45, 7) is 32.1. The molecule has 9 nitrogen and oxygen atoms in total. The largest absolute Gasteiger partial charge is 0.458 e. The van der Waals surface area contributed by atoms with Crippen LogP contribution in [0, 0.1) is 52.9 Å². The molecule has 0 N–H and O–H groups in total. The lowest BCUT2D eigenvalue weighted by Crippen LogP contribution is -2.58. The van der Waals surface area contributed by atoms with E-state index in [-0.39, 0.29) is 29.7 Å². The lowest BCUT2D eigenvalue weighted by molar-refractivity contribution is 0.483. The van der Waals surface area contributed by atoms with Crippen molar-refractivity contribution in [2.45, 2.75) is 120 Å². The van der Waals surface area contributed by atoms with E-state index in [9.17, 15) is 5.26 Å². The summed E-state index contributed by atoms with van der Waals surface area (Å²) in [7, 11) is 0. The minimum absolute atomic E-state index is 0.126. The molecule has 0 unspecified atom stereocenters. The Balaban J connectivity index is 0.587. The number of hydrogen-bond donors (Lipinski definition) is 0. The highest BCUT2D eigenvalue weighted by molar-refractivity contribution is 7.00. The van der Waals surface area contributed by atoms with Gasteiger partial charge in [-0.2, -0.15) is 5.26 Å². The van der Waals surface area contributed by atoms with Crippen LogP contribution < -0.4 is 42.3 Å². The van der Waals surface area contributed by atoms with Gasteiger partial charge in [0.15, 0.2) is 0 Å². The monoisotopic (exact) mass is 1850 g/mol. The van der Waals surface area contributed by atoms with Gasteiger partial charge in [-0.1, -0.05) is 242 Å². The molecule has 0 fully saturated rings. The maximum Gasteiger partial charge on any atom is 0.256 e. The fourth-order valence-corrected chi connectivity index (χ4v) is 26.6. The van der Waals surface area contributed by atoms with Crippen LogP contribution in [-0.4, -0.2) is 40.8 Å². The molecule has 6 aromatic heterocycles. The third-order valence-electron chi connectivity index (χ3n) is 32.9. The molecule has 0 atom stereocenters. The van der Waals surface area contributed by atoms with Crippen molar-refractivity contribution in [1.29, 1.82) is 5.26 Å². The SMILES string of the molecule is Cc1cc(C)c(-c2ccc3c(c2)B2c4c(cc(C(C)(C)C)cc4-n4c5ccc(-n6c7ccccc7c7cc(-n8c9ccccc9c9c(CC(C)(C)c%10ccc%11c(c%10)c%10cc(C(C)(C)C)cc%12c%10n%11-c%10cc(-c%11ccc(C#N)cc%11)cc%11c%10B%12c%10cc(-c%12c(C)cc(C)cc%12C)ccc%10O%11)cccc98)ccc76)cc5c5cc(-n6c7ccccc7c7cc(-n8c9ccccc9c9ccccc98)ccc76)cc2c54)O3)c(C)c1. The Hall–Kier alpha value is -16.8. The van der Waals surface area contributed by atoms with Gasteiger partial charge < -0.3 is 36.9 Å². The molecule has 686 valence electrons. The summed E-state index contributed by atoms with van der Waals surface area (Å²) in [5, 5.41) is 24.6. The van der Waals surface area contributed by atoms with E-state index >= 15 is 0 Å². The maximum atomic E-state index is 10.0. The molecule has 144 heavy (non-hydrogen) atoms. The van der Waals surface area contributed by atoms with Gasteiger partial charge in [-0.05, 0) is 345 Å². The van der Waals surface area contributed by atoms with Crippen molar-refractivity contribution in [1.82, 2.24) is 27.4 Å². The summed E-state index contributed by atoms with van der Waals surface area (Å²) in [6.07, 6.45) is 0.785. The third-order valence-corrected chi connectivity index (χ3v) is 32.9. The van der Waals surface area contributed by atoms with Gasteiger partial charge in [0, 0.05) is 110 Å². The Kier molecular flexibility index (Phi) is 17.5. The molecule has 29 rings (SSSR count). The van der Waals surface area contributed by atoms with Crippen molar-refractivity contribution in [2.75, 3.05) is 0 Å². The number of benzene rings is 19. The molecule has 25 aromatic rings. The van der Waals surface area contributed by atoms with Crippen molar-refractivity contribution < 1.29 is 9.47 Å². The first-order valence-electron chi connectivity index (χ1n) is 50.8. The molecule has 0 amide bonds. The van der Waals surface area contributed by atoms with Crippen molar-refractivity contribution in [3.63, 3.8) is 0 Å². The molecule has 0 saturated heterocycles. The Morgan fingerprint density at radius 2 is 0.653 bits per heavy atom. The van der Waals surface area contributed by atoms with Crippen molar-refractivity contribution in [2.24, 2.45) is 0 Å². The lowest BCUT2D eigenvalue weighted by atomic mass is 9.34. The van der Waals surface area contributed by atoms with Crippen LogP contribution in [-0.2, 0) is 22.7 Å². The van der Waals surface area contributed by atoms with E-state index in [1.165, 1.54) is 203 Å². The van der Waals surface area contributed by atoms with Gasteiger partial charge in [0.25, 0.3) is 13.4 Å². The zero-order valence-electron chi connectivity index (χ0n) is 83.2. The summed E-state index contributed by atoms with van der Waals surface area (Å²) in [6, 6.07) is 134. The number of nitriles is 1. The van der Waals surface area contributed by atoms with Crippen LogP contribution in [0.15, 0.2) is 346 Å². The fourth-order valence-electron chi connectivity index (χ4n) is 26.6. The number of hydrogen-bond acceptors (Lipinski definition) is 3. The molecule has 0 aliphatic carbocycles. The molecular formula is C133H101B2N7O2. The maximum absolute atomic E-state index is 10.0. The molecule has 0 radical (unpaired) electrons. The quantitative estimate of drug-likeness (QED) is 0.128. The summed E-state index contributed by atoms with van der Waals surface area (Å²) >= 11 is 0. The molecule has 4 aliphatic heterocycles. The van der Waals surface area contributed by atoms with Crippen molar-refractivity contribution in [3.8, 4) is 96.6 Å². The highest BCUT2D eigenvalue weighted by Gasteiger charge is 2.46. The first kappa shape index (κ1) is 84.1. The highest BCUT2D eigenvalue weighted by atomic mass is 16.5. The van der Waals surface area contributed by atoms with Gasteiger partial charge in [0.1, 0.15) is 23.0 Å². The first-order valence-corrected chi connectivity index (χ1v) is 50.8. The van der Waals surface area contributed by atoms with Crippen molar-refractivity contribution >= 4 is 177 Å². The number of fused-ring (bicyclic) bond motifs is 26. The van der Waals surface area contributed by atoms with Gasteiger partial charge in [0.2, 0.25) is 0 Å². The minimum atomic E-state index is -0.348. The minimum Gasteiger partial charge on any atom is -0.458 e. The smallest absolute Gasteiger partial charge is 0.256 e. The second-order valence-corrected chi connectivity index (χ2v) is 44.3. The second-order valence-electron chi connectivity index (χ2n) is 44.3. The average molecular weight is 1850 g/mol. The van der Waals surface area contributed by atoms with Gasteiger partial charge in [-0.3, -0.25) is 0 Å². The number of rotatable bonds is 10. The lowest BCUT2D eigenvalue weighted by Gasteiger charge is -2.35. The standard InChI is InChI=1S/C133H101B2N7O2/c1-74-54-76(3)124(77(4)55-74)82-42-52-120-104(58-82)134-106-64-87(131(7,8)9)63-102-98-62-86(44-48-115(98)141(129(102)106)118-60-85(61-122(143-120)127(118)134)81-40-38-80(73-136)39-41-81)133(13,14)72-84-26-25-37-117-126(84)97-31-19-24-36-112(97)139(117)91-46-49-113-99(68-91)95-29-17-22-34-110(95)138(113)90-47-51-116-101(69-90)103-70-92(140-111-35-23-18-30-96(111)100-67-89(45-50-114(100)140)137-108-32-20-15-27-93(108)94-28-16-21-33-109(94)137)71-107-130(103)142(116)119-65-88(132(10,11)12)66-123-128(119)135(107)105-59-83(43-53-121(105)144-123)125-78(5)56-75(2)57-79(125)6/h15-71H,72H2,1-14H3. The first-order chi connectivity index (χ1) is 69.8. The Morgan fingerprint density at radius 3 is 1.16 bits per heavy atom. The van der Waals surface area contributed by atoms with Crippen LogP contribution in [0.2, 0.25) is 0 Å². The van der Waals surface area contributed by atoms with Gasteiger partial charge >= 0.3 is 0 Å². The van der Waals surface area contributed by atoms with Gasteiger partial charge in [-0.15, -0.1) is 0 Å². The van der Waals surface area contributed by atoms with Gasteiger partial charge in [-0.25, -0.2) is 0 Å². The number of para-hydroxylation sites is 5. The molecule has 0 bridgehead atoms. The van der Waals surface area contributed by atoms with E-state index in [1.54, 1.807) is 0 Å². The highest BCUT2D eigenvalue weighted by Crippen LogP contribution is 2.51. The molecule has 4 aliphatic rings. The van der Waals surface area contributed by atoms with E-state index in [4.69, 9.17) is 9.47 Å². The zero-order chi connectivity index (χ0) is 97.2. The number of aryl methyl sites for hydroxylation is 6. The second kappa shape index (κ2) is 29.9. The van der Waals surface area contributed by atoms with Crippen LogP contribution in [0.5, 0.6) is 23.0 Å². The molecule has 10 heterocycles. The Labute approximate surface area is 836 Å². The van der Waals surface area contributed by atoms with Crippen LogP contribution in [0.3, 0.4) is 0 Å². The molecule has 0 saturated carbocycles. The molecule has 19 aromatic carbocycles. The predicted molar refractivity (Wildman–Crippen MR) is 605 cm³/mol. The summed E-state index contributed by atoms with van der Waals surface area (Å²) < 4.78 is 30.0. The predicted octanol–water partition coefficient (Wildman–Crippen LogP) is 30.0. The average Bonchev–Trinajstić information content (AvgIpc) is 1.50. The summed E-state index contributed by atoms with van der Waals surface area (Å²) in [5.74, 6) is 3.52. The molecule has 11 heteroatoms. The van der Waals surface area contributed by atoms with E-state index in [2.05, 4.69) is 464 Å². The number of ether oxygens (including phenoxy) is 2. The van der Waals surface area contributed by atoms with Crippen molar-refractivity contribution in [3.05, 3.63) is 407 Å². The van der Waals surface area contributed by atoms with Gasteiger partial charge in [0.05, 0.1) is 66.8 Å². The summed E-state index contributed by atoms with van der Waals surface area (Å²) in [4.78, 5) is 0. The van der Waals surface area contributed by atoms with Crippen LogP contribution in [0.1, 0.15) is 117 Å². The molecule has 0 spiro atoms. The number of nitrogens with zero attached hydrogens (tertiary/aromatic N) is 7. The van der Waals surface area contributed by atoms with E-state index in [0.29, 0.717) is 5.56 Å². The van der Waals surface area contributed by atoms with Crippen LogP contribution in [0.25, 0.3) is 198 Å². The van der Waals surface area contributed by atoms with Crippen LogP contribution >= 0.6 is 0 Å². The van der Waals surface area contributed by atoms with E-state index in [1.807, 2.05) is 12.1 Å². The topological polar surface area (TPSA) is 71.8 Å². The van der Waals surface area contributed by atoms with Crippen LogP contribution in [0.4, 0.5) is 0 Å². The van der Waals surface area contributed by atoms with E-state index < -0.39 is 0 Å². The Morgan fingerprint density at radius 1 is 0.271 bits per heavy atom. The third kappa shape index (κ3) is 12.0.